The summed E-state index contributed by atoms with van der Waals surface area (Å²) >= 11 is 5.90. The van der Waals surface area contributed by atoms with Gasteiger partial charge in [0.2, 0.25) is 5.71 Å². The van der Waals surface area contributed by atoms with Crippen LogP contribution in [0.2, 0.25) is 5.02 Å². The number of benzene rings is 2. The number of anilines is 1. The quantitative estimate of drug-likeness (QED) is 0.660. The maximum Gasteiger partial charge on any atom is 0.200 e. The molecule has 1 unspecified atom stereocenters. The van der Waals surface area contributed by atoms with Gasteiger partial charge in [0.05, 0.1) is 12.0 Å². The molecular formula is C19H21ClN2O. The molecular weight excluding hydrogens is 308 g/mol. The second-order valence-corrected chi connectivity index (χ2v) is 7.11. The molecule has 4 heteroatoms. The highest BCUT2D eigenvalue weighted by Gasteiger charge is 2.45. The van der Waals surface area contributed by atoms with E-state index < -0.39 is 0 Å². The highest BCUT2D eigenvalue weighted by Crippen LogP contribution is 2.35. The van der Waals surface area contributed by atoms with Crippen molar-refractivity contribution in [1.82, 2.24) is 0 Å². The van der Waals surface area contributed by atoms with Crippen LogP contribution in [0.15, 0.2) is 54.6 Å². The van der Waals surface area contributed by atoms with Crippen molar-refractivity contribution in [2.75, 3.05) is 11.9 Å². The molecule has 23 heavy (non-hydrogen) atoms. The predicted molar refractivity (Wildman–Crippen MR) is 96.3 cm³/mol. The van der Waals surface area contributed by atoms with E-state index in [4.69, 9.17) is 11.6 Å². The van der Waals surface area contributed by atoms with E-state index in [1.165, 1.54) is 4.74 Å². The Kier molecular flexibility index (Phi) is 4.31. The number of nitrogens with zero attached hydrogens (tertiary/aromatic N) is 1. The van der Waals surface area contributed by atoms with E-state index in [9.17, 15) is 5.21 Å². The lowest BCUT2D eigenvalue weighted by atomic mass is 9.81. The maximum atomic E-state index is 12.8. The summed E-state index contributed by atoms with van der Waals surface area (Å²) in [4.78, 5) is 0. The van der Waals surface area contributed by atoms with Gasteiger partial charge in [-0.1, -0.05) is 29.8 Å². The van der Waals surface area contributed by atoms with Crippen molar-refractivity contribution >= 4 is 23.0 Å². The molecule has 0 radical (unpaired) electrons. The summed E-state index contributed by atoms with van der Waals surface area (Å²) in [5, 5.41) is 16.9. The van der Waals surface area contributed by atoms with Crippen LogP contribution in [0.25, 0.3) is 0 Å². The Morgan fingerprint density at radius 2 is 1.78 bits per heavy atom. The highest BCUT2D eigenvalue weighted by molar-refractivity contribution is 6.30. The molecule has 3 nitrogen and oxygen atoms in total. The summed E-state index contributed by atoms with van der Waals surface area (Å²) in [5.74, 6) is 0. The first-order valence-corrected chi connectivity index (χ1v) is 8.24. The highest BCUT2D eigenvalue weighted by atomic mass is 35.5. The van der Waals surface area contributed by atoms with Crippen LogP contribution in [0.4, 0.5) is 5.69 Å². The Morgan fingerprint density at radius 3 is 2.43 bits per heavy atom. The average Bonchev–Trinajstić information content (AvgIpc) is 2.76. The minimum atomic E-state index is -0.130. The van der Waals surface area contributed by atoms with Crippen molar-refractivity contribution in [3.63, 3.8) is 0 Å². The SMILES string of the molecule is CC1(C)CC(CNc2ccc(Cl)cc2)[N+]([O-])=C1c1ccccc1. The van der Waals surface area contributed by atoms with Gasteiger partial charge in [0.15, 0.2) is 6.04 Å². The van der Waals surface area contributed by atoms with Gasteiger partial charge in [-0.15, -0.1) is 0 Å². The first-order chi connectivity index (χ1) is 11.0. The minimum Gasteiger partial charge on any atom is -0.623 e. The topological polar surface area (TPSA) is 38.1 Å². The van der Waals surface area contributed by atoms with E-state index in [1.807, 2.05) is 54.6 Å². The lowest BCUT2D eigenvalue weighted by molar-refractivity contribution is -0.487. The zero-order chi connectivity index (χ0) is 16.4. The van der Waals surface area contributed by atoms with Crippen LogP contribution in [0.5, 0.6) is 0 Å². The Bertz CT molecular complexity index is 708. The molecule has 3 rings (SSSR count). The normalized spacial score (nSPS) is 19.9. The van der Waals surface area contributed by atoms with Gasteiger partial charge in [0.25, 0.3) is 0 Å². The number of nitrogens with one attached hydrogen (secondary N) is 1. The molecule has 120 valence electrons. The third kappa shape index (κ3) is 3.35. The smallest absolute Gasteiger partial charge is 0.200 e. The summed E-state index contributed by atoms with van der Waals surface area (Å²) in [6.45, 7) is 4.90. The van der Waals surface area contributed by atoms with E-state index >= 15 is 0 Å². The van der Waals surface area contributed by atoms with Crippen molar-refractivity contribution in [3.8, 4) is 0 Å². The molecule has 1 atom stereocenters. The standard InChI is InChI=1S/C19H21ClN2O/c1-19(2)12-17(13-21-16-10-8-15(20)9-11-16)22(23)18(19)14-6-4-3-5-7-14/h3-11,17,21H,12-13H2,1-2H3. The number of hydroxylamine groups is 1. The molecule has 1 heterocycles. The molecule has 0 saturated heterocycles. The van der Waals surface area contributed by atoms with Gasteiger partial charge in [0.1, 0.15) is 0 Å². The fraction of sp³-hybridized carbons (Fsp3) is 0.316. The molecule has 1 N–H and O–H groups in total. The van der Waals surface area contributed by atoms with E-state index in [0.29, 0.717) is 11.6 Å². The van der Waals surface area contributed by atoms with Crippen LogP contribution in [-0.4, -0.2) is 23.0 Å². The zero-order valence-corrected chi connectivity index (χ0v) is 14.2. The van der Waals surface area contributed by atoms with E-state index in [2.05, 4.69) is 19.2 Å². The van der Waals surface area contributed by atoms with E-state index in [1.54, 1.807) is 0 Å². The molecule has 2 aromatic carbocycles. The first kappa shape index (κ1) is 15.9. The van der Waals surface area contributed by atoms with Gasteiger partial charge in [-0.05, 0) is 50.2 Å². The molecule has 0 aliphatic carbocycles. The lowest BCUT2D eigenvalue weighted by Gasteiger charge is -2.15. The van der Waals surface area contributed by atoms with Crippen molar-refractivity contribution in [1.29, 1.82) is 0 Å². The number of rotatable bonds is 4. The van der Waals surface area contributed by atoms with Crippen LogP contribution in [0.3, 0.4) is 0 Å². The second kappa shape index (κ2) is 6.25. The minimum absolute atomic E-state index is 0.0733. The first-order valence-electron chi connectivity index (χ1n) is 7.86. The Balaban J connectivity index is 1.79. The van der Waals surface area contributed by atoms with Crippen LogP contribution in [-0.2, 0) is 0 Å². The average molecular weight is 329 g/mol. The molecule has 0 spiro atoms. The van der Waals surface area contributed by atoms with E-state index in [-0.39, 0.29) is 11.5 Å². The molecule has 0 fully saturated rings. The third-order valence-electron chi connectivity index (χ3n) is 4.37. The van der Waals surface area contributed by atoms with Gasteiger partial charge in [-0.25, -0.2) is 4.74 Å². The number of hydrogen-bond acceptors (Lipinski definition) is 2. The summed E-state index contributed by atoms with van der Waals surface area (Å²) < 4.78 is 1.19. The molecule has 0 saturated carbocycles. The van der Waals surface area contributed by atoms with Gasteiger partial charge >= 0.3 is 0 Å². The lowest BCUT2D eigenvalue weighted by Crippen LogP contribution is -2.27. The zero-order valence-electron chi connectivity index (χ0n) is 13.4. The summed E-state index contributed by atoms with van der Waals surface area (Å²) in [6, 6.07) is 17.4. The van der Waals surface area contributed by atoms with E-state index in [0.717, 1.165) is 23.4 Å². The Morgan fingerprint density at radius 1 is 1.13 bits per heavy atom. The van der Waals surface area contributed by atoms with Crippen LogP contribution < -0.4 is 5.32 Å². The largest absolute Gasteiger partial charge is 0.623 e. The molecule has 0 aromatic heterocycles. The van der Waals surface area contributed by atoms with Crippen molar-refractivity contribution < 1.29 is 4.74 Å². The molecule has 0 amide bonds. The summed E-state index contributed by atoms with van der Waals surface area (Å²) in [7, 11) is 0. The van der Waals surface area contributed by atoms with Gasteiger partial charge in [-0.3, -0.25) is 0 Å². The number of halogens is 1. The van der Waals surface area contributed by atoms with Gasteiger partial charge < -0.3 is 10.5 Å². The third-order valence-corrected chi connectivity index (χ3v) is 4.62. The fourth-order valence-corrected chi connectivity index (χ4v) is 3.45. The second-order valence-electron chi connectivity index (χ2n) is 6.67. The van der Waals surface area contributed by atoms with Crippen molar-refractivity contribution in [3.05, 3.63) is 70.4 Å². The maximum absolute atomic E-state index is 12.8. The van der Waals surface area contributed by atoms with Crippen molar-refractivity contribution in [2.24, 2.45) is 5.41 Å². The predicted octanol–water partition coefficient (Wildman–Crippen LogP) is 4.55. The Hall–Kier alpha value is -2.00. The summed E-state index contributed by atoms with van der Waals surface area (Å²) in [6.07, 6.45) is 0.835. The molecule has 0 bridgehead atoms. The molecule has 1 aliphatic rings. The van der Waals surface area contributed by atoms with Crippen molar-refractivity contribution in [2.45, 2.75) is 26.3 Å². The molecule has 2 aromatic rings. The number of hydrogen-bond donors (Lipinski definition) is 1. The molecule has 1 aliphatic heterocycles. The summed E-state index contributed by atoms with van der Waals surface area (Å²) in [5.41, 5.74) is 2.74. The van der Waals surface area contributed by atoms with Gasteiger partial charge in [0, 0.05) is 22.7 Å². The Labute approximate surface area is 142 Å². The van der Waals surface area contributed by atoms with Crippen LogP contribution in [0, 0.1) is 10.6 Å². The van der Waals surface area contributed by atoms with Crippen LogP contribution >= 0.6 is 11.6 Å². The van der Waals surface area contributed by atoms with Gasteiger partial charge in [-0.2, -0.15) is 0 Å². The monoisotopic (exact) mass is 328 g/mol. The fourth-order valence-electron chi connectivity index (χ4n) is 3.32. The van der Waals surface area contributed by atoms with Crippen LogP contribution in [0.1, 0.15) is 25.8 Å².